The van der Waals surface area contributed by atoms with Crippen molar-refractivity contribution < 1.29 is 29.3 Å². The Labute approximate surface area is 262 Å². The van der Waals surface area contributed by atoms with E-state index in [4.69, 9.17) is 17.6 Å². The fourth-order valence-corrected chi connectivity index (χ4v) is 5.28. The summed E-state index contributed by atoms with van der Waals surface area (Å²) in [6.45, 7) is 1.00. The monoisotopic (exact) mass is 610 g/mol. The van der Waals surface area contributed by atoms with Crippen LogP contribution in [0.1, 0.15) is 63.4 Å². The Bertz CT molecular complexity index is 1110. The predicted molar refractivity (Wildman–Crippen MR) is 170 cm³/mol. The van der Waals surface area contributed by atoms with Crippen molar-refractivity contribution in [1.29, 1.82) is 0 Å². The number of nitrogens with zero attached hydrogens (tertiary/aromatic N) is 2. The van der Waals surface area contributed by atoms with Crippen molar-refractivity contribution in [2.24, 2.45) is 5.92 Å². The number of nitrogens with one attached hydrogen (secondary N) is 2. The predicted octanol–water partition coefficient (Wildman–Crippen LogP) is 2.33. The second-order valence-electron chi connectivity index (χ2n) is 11.9. The average Bonchev–Trinajstić information content (AvgIpc) is 3.01. The molecule has 0 aliphatic heterocycles. The molecule has 0 saturated heterocycles. The second-order valence-corrected chi connectivity index (χ2v) is 11.9. The van der Waals surface area contributed by atoms with Crippen LogP contribution in [0.5, 0.6) is 0 Å². The molecule has 10 heteroatoms. The first-order valence-electron chi connectivity index (χ1n) is 15.5. The van der Waals surface area contributed by atoms with Gasteiger partial charge in [0.2, 0.25) is 5.91 Å². The summed E-state index contributed by atoms with van der Waals surface area (Å²) in [5.41, 5.74) is 0.769. The highest BCUT2D eigenvalue weighted by molar-refractivity contribution is 5.90. The zero-order chi connectivity index (χ0) is 32.5. The average molecular weight is 611 g/mol. The molecule has 3 unspecified atom stereocenters. The summed E-state index contributed by atoms with van der Waals surface area (Å²) in [5, 5.41) is 27.2. The standard InChI is InChI=1S/C34H50N4O6/c1-6-8-20-29(39)31(40)28(23-25-16-11-9-12-17-25)36-32(41)27(15-7-2)35-33(42)30(24-26-18-13-10-14-19-26)44-34(43)38(5)22-21-37(3)4/h1-2,10,13-14,18-19,25,27-31,39-40H,8-9,11-12,15-17,20-24H2,3-5H3,(H,35,42)(H,36,41)/t27-,28?,29?,30?,31+/m0/s1. The first kappa shape index (κ1) is 36.6. The molecule has 1 aromatic rings. The summed E-state index contributed by atoms with van der Waals surface area (Å²) in [4.78, 5) is 43.3. The van der Waals surface area contributed by atoms with Crippen molar-refractivity contribution in [3.63, 3.8) is 0 Å². The van der Waals surface area contributed by atoms with Gasteiger partial charge < -0.3 is 35.4 Å². The van der Waals surface area contributed by atoms with Gasteiger partial charge in [-0.2, -0.15) is 0 Å². The van der Waals surface area contributed by atoms with E-state index in [1.807, 2.05) is 49.3 Å². The van der Waals surface area contributed by atoms with Gasteiger partial charge in [-0.3, -0.25) is 9.59 Å². The molecule has 4 N–H and O–H groups in total. The number of rotatable bonds is 17. The number of aliphatic hydroxyl groups excluding tert-OH is 2. The minimum absolute atomic E-state index is 0.0920. The normalized spacial score (nSPS) is 16.8. The topological polar surface area (TPSA) is 131 Å². The van der Waals surface area contributed by atoms with E-state index in [0.717, 1.165) is 37.7 Å². The van der Waals surface area contributed by atoms with Gasteiger partial charge >= 0.3 is 6.09 Å². The van der Waals surface area contributed by atoms with E-state index < -0.39 is 48.3 Å². The fourth-order valence-electron chi connectivity index (χ4n) is 5.28. The Kier molecular flexibility index (Phi) is 16.4. The van der Waals surface area contributed by atoms with Gasteiger partial charge in [-0.05, 0) is 38.4 Å². The number of carbonyl (C=O) groups is 3. The Morgan fingerprint density at radius 2 is 1.66 bits per heavy atom. The molecule has 0 aromatic heterocycles. The van der Waals surface area contributed by atoms with Crippen LogP contribution in [-0.4, -0.2) is 103 Å². The van der Waals surface area contributed by atoms with Gasteiger partial charge in [0, 0.05) is 39.4 Å². The lowest BCUT2D eigenvalue weighted by atomic mass is 9.82. The van der Waals surface area contributed by atoms with Gasteiger partial charge in [-0.15, -0.1) is 24.7 Å². The SMILES string of the molecule is C#CCCC(O)[C@H](O)C(CC1CCCCC1)NC(=O)[C@H](CC#C)NC(=O)C(Cc1ccccc1)OC(=O)N(C)CCN(C)C. The van der Waals surface area contributed by atoms with E-state index in [0.29, 0.717) is 19.5 Å². The molecule has 5 atom stereocenters. The number of carbonyl (C=O) groups excluding carboxylic acids is 3. The summed E-state index contributed by atoms with van der Waals surface area (Å²) in [5.74, 6) is 3.92. The highest BCUT2D eigenvalue weighted by Crippen LogP contribution is 2.28. The second kappa shape index (κ2) is 19.7. The number of terminal acetylenes is 2. The van der Waals surface area contributed by atoms with Crippen LogP contribution < -0.4 is 10.6 Å². The molecule has 2 rings (SSSR count). The third-order valence-corrected chi connectivity index (χ3v) is 7.98. The number of aliphatic hydroxyl groups is 2. The molecular formula is C34H50N4O6. The number of benzene rings is 1. The van der Waals surface area contributed by atoms with Crippen LogP contribution >= 0.6 is 0 Å². The van der Waals surface area contributed by atoms with E-state index >= 15 is 0 Å². The maximum absolute atomic E-state index is 13.6. The van der Waals surface area contributed by atoms with Crippen molar-refractivity contribution in [3.8, 4) is 24.7 Å². The summed E-state index contributed by atoms with van der Waals surface area (Å²) in [6, 6.07) is 7.20. The van der Waals surface area contributed by atoms with E-state index in [9.17, 15) is 24.6 Å². The zero-order valence-corrected chi connectivity index (χ0v) is 26.4. The fraction of sp³-hybridized carbons (Fsp3) is 0.618. The molecule has 44 heavy (non-hydrogen) atoms. The van der Waals surface area contributed by atoms with Crippen LogP contribution in [0, 0.1) is 30.6 Å². The Morgan fingerprint density at radius 1 is 0.977 bits per heavy atom. The van der Waals surface area contributed by atoms with Crippen LogP contribution in [-0.2, 0) is 20.7 Å². The van der Waals surface area contributed by atoms with Gasteiger partial charge in [0.1, 0.15) is 12.1 Å². The highest BCUT2D eigenvalue weighted by Gasteiger charge is 2.34. The minimum atomic E-state index is -1.25. The van der Waals surface area contributed by atoms with E-state index in [1.54, 1.807) is 7.05 Å². The van der Waals surface area contributed by atoms with Crippen LogP contribution in [0.3, 0.4) is 0 Å². The molecule has 1 aliphatic rings. The first-order valence-corrected chi connectivity index (χ1v) is 15.5. The van der Waals surface area contributed by atoms with E-state index in [-0.39, 0.29) is 31.6 Å². The lowest BCUT2D eigenvalue weighted by molar-refractivity contribution is -0.135. The maximum Gasteiger partial charge on any atom is 0.410 e. The molecule has 0 radical (unpaired) electrons. The van der Waals surface area contributed by atoms with Gasteiger partial charge in [0.05, 0.1) is 12.1 Å². The first-order chi connectivity index (χ1) is 21.0. The quantitative estimate of drug-likeness (QED) is 0.199. The number of ether oxygens (including phenoxy) is 1. The van der Waals surface area contributed by atoms with Gasteiger partial charge in [-0.1, -0.05) is 62.4 Å². The van der Waals surface area contributed by atoms with E-state index in [1.165, 1.54) is 4.90 Å². The lowest BCUT2D eigenvalue weighted by Crippen LogP contribution is -2.56. The Morgan fingerprint density at radius 3 is 2.27 bits per heavy atom. The molecule has 242 valence electrons. The van der Waals surface area contributed by atoms with Gasteiger partial charge in [0.25, 0.3) is 5.91 Å². The number of hydrogen-bond donors (Lipinski definition) is 4. The summed E-state index contributed by atoms with van der Waals surface area (Å²) < 4.78 is 5.64. The number of likely N-dealkylation sites (N-methyl/N-ethyl adjacent to an activating group) is 2. The van der Waals surface area contributed by atoms with Crippen LogP contribution in [0.2, 0.25) is 0 Å². The number of hydrogen-bond acceptors (Lipinski definition) is 7. The molecular weight excluding hydrogens is 560 g/mol. The summed E-state index contributed by atoms with van der Waals surface area (Å²) in [6.07, 6.45) is 12.8. The largest absolute Gasteiger partial charge is 0.436 e. The Hall–Kier alpha value is -3.57. The third kappa shape index (κ3) is 13.0. The highest BCUT2D eigenvalue weighted by atomic mass is 16.6. The van der Waals surface area contributed by atoms with Crippen molar-refractivity contribution in [2.45, 2.75) is 94.6 Å². The molecule has 0 heterocycles. The summed E-state index contributed by atoms with van der Waals surface area (Å²) >= 11 is 0. The molecule has 1 aliphatic carbocycles. The van der Waals surface area contributed by atoms with Crippen molar-refractivity contribution >= 4 is 17.9 Å². The van der Waals surface area contributed by atoms with Crippen LogP contribution in [0.15, 0.2) is 30.3 Å². The van der Waals surface area contributed by atoms with Gasteiger partial charge in [-0.25, -0.2) is 4.79 Å². The molecule has 1 aromatic carbocycles. The lowest BCUT2D eigenvalue weighted by Gasteiger charge is -2.33. The molecule has 0 spiro atoms. The smallest absolute Gasteiger partial charge is 0.410 e. The van der Waals surface area contributed by atoms with Crippen molar-refractivity contribution in [1.82, 2.24) is 20.4 Å². The van der Waals surface area contributed by atoms with Crippen LogP contribution in [0.4, 0.5) is 4.79 Å². The minimum Gasteiger partial charge on any atom is -0.436 e. The molecule has 10 nitrogen and oxygen atoms in total. The molecule has 3 amide bonds. The molecule has 0 bridgehead atoms. The zero-order valence-electron chi connectivity index (χ0n) is 26.4. The Balaban J connectivity index is 2.21. The molecule has 1 saturated carbocycles. The van der Waals surface area contributed by atoms with E-state index in [2.05, 4.69) is 22.5 Å². The maximum atomic E-state index is 13.6. The van der Waals surface area contributed by atoms with Gasteiger partial charge in [0.15, 0.2) is 6.10 Å². The third-order valence-electron chi connectivity index (χ3n) is 7.98. The number of amides is 3. The van der Waals surface area contributed by atoms with Crippen molar-refractivity contribution in [2.75, 3.05) is 34.2 Å². The van der Waals surface area contributed by atoms with Crippen LogP contribution in [0.25, 0.3) is 0 Å². The van der Waals surface area contributed by atoms with Crippen molar-refractivity contribution in [3.05, 3.63) is 35.9 Å². The molecule has 1 fully saturated rings. The summed E-state index contributed by atoms with van der Waals surface area (Å²) in [7, 11) is 5.37.